The molecule has 0 radical (unpaired) electrons. The third-order valence-corrected chi connectivity index (χ3v) is 2.47. The number of amides is 2. The van der Waals surface area contributed by atoms with Crippen molar-refractivity contribution in [2.45, 2.75) is 12.5 Å². The number of hydrogen-bond acceptors (Lipinski definition) is 3. The van der Waals surface area contributed by atoms with Crippen molar-refractivity contribution in [2.75, 3.05) is 18.9 Å². The van der Waals surface area contributed by atoms with Crippen molar-refractivity contribution in [1.82, 2.24) is 4.90 Å². The highest BCUT2D eigenvalue weighted by molar-refractivity contribution is 5.95. The number of hydrogen-bond donors (Lipinski definition) is 2. The van der Waals surface area contributed by atoms with Gasteiger partial charge in [0.15, 0.2) is 0 Å². The normalized spacial score (nSPS) is 11.2. The molecule has 0 fully saturated rings. The van der Waals surface area contributed by atoms with E-state index in [1.165, 1.54) is 11.9 Å². The summed E-state index contributed by atoms with van der Waals surface area (Å²) in [6.07, 6.45) is 5.25. The fourth-order valence-electron chi connectivity index (χ4n) is 1.51. The summed E-state index contributed by atoms with van der Waals surface area (Å²) in [6.45, 7) is -0.0635. The predicted octanol–water partition coefficient (Wildman–Crippen LogP) is 0.434. The fraction of sp³-hybridized carbons (Fsp3) is 0.286. The molecular formula is C14H17N3O2. The van der Waals surface area contributed by atoms with Crippen LogP contribution in [-0.4, -0.2) is 36.3 Å². The number of anilines is 1. The smallest absolute Gasteiger partial charge is 0.243 e. The average Bonchev–Trinajstić information content (AvgIpc) is 2.39. The molecule has 3 N–H and O–H groups in total. The van der Waals surface area contributed by atoms with Crippen LogP contribution >= 0.6 is 0 Å². The summed E-state index contributed by atoms with van der Waals surface area (Å²) in [5, 5.41) is 2.68. The molecule has 1 aromatic carbocycles. The molecule has 0 heterocycles. The first kappa shape index (κ1) is 14.7. The second kappa shape index (κ2) is 7.19. The van der Waals surface area contributed by atoms with Gasteiger partial charge in [0.05, 0.1) is 12.6 Å². The summed E-state index contributed by atoms with van der Waals surface area (Å²) < 4.78 is 0. The molecule has 1 unspecified atom stereocenters. The Bertz CT molecular complexity index is 479. The van der Waals surface area contributed by atoms with E-state index in [1.54, 1.807) is 12.1 Å². The highest BCUT2D eigenvalue weighted by Gasteiger charge is 2.19. The van der Waals surface area contributed by atoms with Gasteiger partial charge in [0.1, 0.15) is 0 Å². The van der Waals surface area contributed by atoms with Gasteiger partial charge in [-0.3, -0.25) is 9.59 Å². The van der Waals surface area contributed by atoms with E-state index in [0.29, 0.717) is 5.69 Å². The minimum absolute atomic E-state index is 0.0635. The molecule has 0 spiro atoms. The monoisotopic (exact) mass is 259 g/mol. The van der Waals surface area contributed by atoms with E-state index in [-0.39, 0.29) is 24.8 Å². The number of rotatable bonds is 5. The largest absolute Gasteiger partial charge is 0.335 e. The SMILES string of the molecule is C#CCC(N)C(=O)N(C)CC(=O)Nc1ccccc1. The van der Waals surface area contributed by atoms with Crippen molar-refractivity contribution in [1.29, 1.82) is 0 Å². The van der Waals surface area contributed by atoms with Gasteiger partial charge in [-0.15, -0.1) is 12.3 Å². The number of terminal acetylenes is 1. The summed E-state index contributed by atoms with van der Waals surface area (Å²) in [7, 11) is 1.52. The Balaban J connectivity index is 2.48. The first-order chi connectivity index (χ1) is 9.04. The van der Waals surface area contributed by atoms with Gasteiger partial charge in [-0.05, 0) is 12.1 Å². The second-order valence-electron chi connectivity index (χ2n) is 4.12. The maximum absolute atomic E-state index is 11.7. The van der Waals surface area contributed by atoms with E-state index in [0.717, 1.165) is 0 Å². The molecule has 0 aliphatic heterocycles. The van der Waals surface area contributed by atoms with Crippen LogP contribution in [0.1, 0.15) is 6.42 Å². The number of nitrogens with two attached hydrogens (primary N) is 1. The number of carbonyl (C=O) groups excluding carboxylic acids is 2. The highest BCUT2D eigenvalue weighted by Crippen LogP contribution is 2.05. The van der Waals surface area contributed by atoms with E-state index in [9.17, 15) is 9.59 Å². The summed E-state index contributed by atoms with van der Waals surface area (Å²) in [4.78, 5) is 24.7. The number of carbonyl (C=O) groups is 2. The molecule has 5 heteroatoms. The maximum atomic E-state index is 11.7. The van der Waals surface area contributed by atoms with Crippen molar-refractivity contribution in [3.8, 4) is 12.3 Å². The molecule has 0 saturated heterocycles. The third kappa shape index (κ3) is 4.82. The standard InChI is InChI=1S/C14H17N3O2/c1-3-7-12(15)14(19)17(2)10-13(18)16-11-8-5-4-6-9-11/h1,4-6,8-9,12H,7,10,15H2,2H3,(H,16,18). The molecule has 100 valence electrons. The van der Waals surface area contributed by atoms with Crippen LogP contribution in [0.2, 0.25) is 0 Å². The zero-order valence-electron chi connectivity index (χ0n) is 10.8. The van der Waals surface area contributed by atoms with Gasteiger partial charge in [0.25, 0.3) is 0 Å². The van der Waals surface area contributed by atoms with Crippen LogP contribution in [0.4, 0.5) is 5.69 Å². The van der Waals surface area contributed by atoms with Gasteiger partial charge in [0.2, 0.25) is 11.8 Å². The van der Waals surface area contributed by atoms with Gasteiger partial charge < -0.3 is 16.0 Å². The van der Waals surface area contributed by atoms with Crippen molar-refractivity contribution in [2.24, 2.45) is 5.73 Å². The van der Waals surface area contributed by atoms with Crippen molar-refractivity contribution >= 4 is 17.5 Å². The van der Waals surface area contributed by atoms with Crippen molar-refractivity contribution < 1.29 is 9.59 Å². The van der Waals surface area contributed by atoms with Crippen molar-refractivity contribution in [3.63, 3.8) is 0 Å². The molecule has 1 aromatic rings. The van der Waals surface area contributed by atoms with Gasteiger partial charge in [0, 0.05) is 19.2 Å². The Morgan fingerprint density at radius 1 is 1.42 bits per heavy atom. The van der Waals surface area contributed by atoms with Crippen molar-refractivity contribution in [3.05, 3.63) is 30.3 Å². The number of benzene rings is 1. The number of nitrogens with zero attached hydrogens (tertiary/aromatic N) is 1. The zero-order chi connectivity index (χ0) is 14.3. The quantitative estimate of drug-likeness (QED) is 0.753. The number of likely N-dealkylation sites (N-methyl/N-ethyl adjacent to an activating group) is 1. The van der Waals surface area contributed by atoms with Crippen LogP contribution in [0.15, 0.2) is 30.3 Å². The Morgan fingerprint density at radius 2 is 2.05 bits per heavy atom. The van der Waals surface area contributed by atoms with E-state index >= 15 is 0 Å². The Labute approximate surface area is 112 Å². The third-order valence-electron chi connectivity index (χ3n) is 2.47. The van der Waals surface area contributed by atoms with Gasteiger partial charge >= 0.3 is 0 Å². The molecule has 0 aromatic heterocycles. The van der Waals surface area contributed by atoms with E-state index in [1.807, 2.05) is 18.2 Å². The number of nitrogens with one attached hydrogen (secondary N) is 1. The minimum atomic E-state index is -0.764. The van der Waals surface area contributed by atoms with Gasteiger partial charge in [-0.25, -0.2) is 0 Å². The van der Waals surface area contributed by atoms with Gasteiger partial charge in [-0.1, -0.05) is 18.2 Å². The Kier molecular flexibility index (Phi) is 5.58. The molecule has 0 saturated carbocycles. The van der Waals surface area contributed by atoms with E-state index in [4.69, 9.17) is 12.2 Å². The van der Waals surface area contributed by atoms with E-state index < -0.39 is 6.04 Å². The molecule has 19 heavy (non-hydrogen) atoms. The van der Waals surface area contributed by atoms with Crippen LogP contribution in [0, 0.1) is 12.3 Å². The van der Waals surface area contributed by atoms with Crippen LogP contribution in [-0.2, 0) is 9.59 Å². The summed E-state index contributed by atoms with van der Waals surface area (Å²) >= 11 is 0. The molecule has 1 rings (SSSR count). The second-order valence-corrected chi connectivity index (χ2v) is 4.12. The molecular weight excluding hydrogens is 242 g/mol. The fourth-order valence-corrected chi connectivity index (χ4v) is 1.51. The van der Waals surface area contributed by atoms with Gasteiger partial charge in [-0.2, -0.15) is 0 Å². The Hall–Kier alpha value is -2.32. The Morgan fingerprint density at radius 3 is 2.63 bits per heavy atom. The molecule has 1 atom stereocenters. The van der Waals surface area contributed by atoms with E-state index in [2.05, 4.69) is 11.2 Å². The lowest BCUT2D eigenvalue weighted by Gasteiger charge is -2.19. The lowest BCUT2D eigenvalue weighted by molar-refractivity contribution is -0.134. The lowest BCUT2D eigenvalue weighted by Crippen LogP contribution is -2.44. The van der Waals surface area contributed by atoms with Crippen LogP contribution in [0.5, 0.6) is 0 Å². The van der Waals surface area contributed by atoms with Crippen LogP contribution in [0.3, 0.4) is 0 Å². The highest BCUT2D eigenvalue weighted by atomic mass is 16.2. The molecule has 0 aliphatic rings. The molecule has 5 nitrogen and oxygen atoms in total. The predicted molar refractivity (Wildman–Crippen MR) is 74.1 cm³/mol. The first-order valence-electron chi connectivity index (χ1n) is 5.83. The summed E-state index contributed by atoms with van der Waals surface area (Å²) in [5.74, 6) is 1.69. The maximum Gasteiger partial charge on any atom is 0.243 e. The summed E-state index contributed by atoms with van der Waals surface area (Å²) in [6, 6.07) is 8.25. The molecule has 0 bridgehead atoms. The van der Waals surface area contributed by atoms with Crippen LogP contribution < -0.4 is 11.1 Å². The number of para-hydroxylation sites is 1. The average molecular weight is 259 g/mol. The molecule has 0 aliphatic carbocycles. The lowest BCUT2D eigenvalue weighted by atomic mass is 10.2. The zero-order valence-corrected chi connectivity index (χ0v) is 10.8. The topological polar surface area (TPSA) is 75.4 Å². The minimum Gasteiger partial charge on any atom is -0.335 e. The summed E-state index contributed by atoms with van der Waals surface area (Å²) in [5.41, 5.74) is 6.27. The first-order valence-corrected chi connectivity index (χ1v) is 5.83. The van der Waals surface area contributed by atoms with Crippen LogP contribution in [0.25, 0.3) is 0 Å². The molecule has 2 amide bonds.